The van der Waals surface area contributed by atoms with Crippen LogP contribution in [0.15, 0.2) is 122 Å². The van der Waals surface area contributed by atoms with Crippen molar-refractivity contribution >= 4 is 33.8 Å². The van der Waals surface area contributed by atoms with Crippen LogP contribution >= 0.6 is 0 Å². The average molecular weight is 1120 g/mol. The van der Waals surface area contributed by atoms with E-state index in [1.54, 1.807) is 6.20 Å². The molecule has 0 radical (unpaired) electrons. The minimum Gasteiger partial charge on any atom is -0.287 e. The zero-order valence-electron chi connectivity index (χ0n) is 38.0. The molecule has 3 nitrogen and oxygen atoms in total. The van der Waals surface area contributed by atoms with Gasteiger partial charge < -0.3 is 0 Å². The first kappa shape index (κ1) is 60.1. The predicted octanol–water partition coefficient (Wildman–Crippen LogP) is 13.7. The Labute approximate surface area is 412 Å². The molecule has 410 valence electrons. The highest BCUT2D eigenvalue weighted by atomic mass is 19.4. The molecule has 1 heterocycles. The number of carbonyl (C=O) groups is 1. The van der Waals surface area contributed by atoms with Gasteiger partial charge in [0.05, 0.1) is 56.9 Å². The Kier molecular flexibility index (Phi) is 16.6. The topological polar surface area (TPSA) is 33.8 Å². The quantitative estimate of drug-likeness (QED) is 0.0626. The number of halogens is 24. The van der Waals surface area contributed by atoms with Crippen LogP contribution in [-0.4, -0.2) is 16.9 Å². The monoisotopic (exact) mass is 1120 g/mol. The van der Waals surface area contributed by atoms with Crippen molar-refractivity contribution in [2.75, 3.05) is 0 Å². The number of benzene rings is 5. The van der Waals surface area contributed by atoms with E-state index in [-0.39, 0.29) is 5.78 Å². The highest BCUT2D eigenvalue weighted by molar-refractivity contribution is 7.20. The molecular formula is C48H31BF24N2O. The minimum atomic E-state index is -6.13. The van der Waals surface area contributed by atoms with Crippen LogP contribution in [0, 0.1) is 5.92 Å². The van der Waals surface area contributed by atoms with Crippen molar-refractivity contribution in [3.63, 3.8) is 0 Å². The van der Waals surface area contributed by atoms with Crippen LogP contribution in [0.4, 0.5) is 105 Å². The van der Waals surface area contributed by atoms with Gasteiger partial charge >= 0.3 is 49.4 Å². The molecule has 6 rings (SSSR count). The van der Waals surface area contributed by atoms with Crippen LogP contribution in [0.25, 0.3) is 0 Å². The third-order valence-corrected chi connectivity index (χ3v) is 11.4. The highest BCUT2D eigenvalue weighted by Crippen LogP contribution is 2.41. The Balaban J connectivity index is 0.000000468. The number of Topliss-reactive ketones (excluding diaryl/α,β-unsaturated/α-hetero) is 1. The lowest BCUT2D eigenvalue weighted by Crippen LogP contribution is -2.75. The van der Waals surface area contributed by atoms with Crippen LogP contribution in [0.5, 0.6) is 0 Å². The molecule has 0 bridgehead atoms. The SMILES string of the molecule is CC(C)Cc1cncc[n+]1CC(=O)c1ccccc1.FC(F)(F)c1cc([B-](c2cc(C(F)(F)F)cc(C(F)(F)F)c2)(c2cc(C(F)(F)F)cc(C(F)(F)F)c2)c2cc(C(F)(F)F)cc(C(F)(F)F)c2)cc(C(F)(F)F)c1. The standard InChI is InChI=1S/C32H12BF24.C16H19N2O/c34-25(35,36)13-1-14(26(37,38)39)6-21(5-13)33(22-7-15(27(40,41)42)2-16(8-22)28(43,44)45,23-9-17(29(46,47)48)3-18(10-23)30(49,50)51)24-11-19(31(52,53)54)4-20(12-24)32(55,56)57;1-13(2)10-15-11-17-8-9-18(15)12-16(19)14-6-4-3-5-7-14/h1-12H;3-9,11,13H,10,12H2,1-2H3/q-1;+1. The summed E-state index contributed by atoms with van der Waals surface area (Å²) >= 11 is 0. The Bertz CT molecular complexity index is 2600. The molecule has 76 heavy (non-hydrogen) atoms. The van der Waals surface area contributed by atoms with Crippen molar-refractivity contribution in [3.05, 3.63) is 177 Å². The molecule has 0 saturated carbocycles. The summed E-state index contributed by atoms with van der Waals surface area (Å²) in [4.78, 5) is 16.4. The first-order valence-electron chi connectivity index (χ1n) is 21.2. The molecule has 0 aliphatic carbocycles. The third kappa shape index (κ3) is 14.2. The summed E-state index contributed by atoms with van der Waals surface area (Å²) < 4.78 is 343. The van der Waals surface area contributed by atoms with Gasteiger partial charge in [0.1, 0.15) is 6.15 Å². The van der Waals surface area contributed by atoms with Crippen LogP contribution in [0.1, 0.15) is 74.4 Å². The summed E-state index contributed by atoms with van der Waals surface area (Å²) in [6.07, 6.45) is -48.4. The molecule has 0 aliphatic rings. The van der Waals surface area contributed by atoms with Gasteiger partial charge in [0, 0.05) is 12.0 Å². The van der Waals surface area contributed by atoms with Crippen molar-refractivity contribution in [1.82, 2.24) is 4.98 Å². The Hall–Kier alpha value is -6.77. The third-order valence-electron chi connectivity index (χ3n) is 11.4. The predicted molar refractivity (Wildman–Crippen MR) is 224 cm³/mol. The average Bonchev–Trinajstić information content (AvgIpc) is 3.27. The maximum Gasteiger partial charge on any atom is 0.416 e. The number of rotatable bonds is 9. The lowest BCUT2D eigenvalue weighted by Gasteiger charge is -2.46. The first-order chi connectivity index (χ1) is 34.4. The number of ketones is 1. The van der Waals surface area contributed by atoms with Crippen LogP contribution in [-0.2, 0) is 62.4 Å². The van der Waals surface area contributed by atoms with Crippen molar-refractivity contribution in [2.24, 2.45) is 5.92 Å². The molecule has 1 aromatic heterocycles. The molecular weight excluding hydrogens is 1090 g/mol. The molecule has 0 saturated heterocycles. The molecule has 0 amide bonds. The van der Waals surface area contributed by atoms with Crippen molar-refractivity contribution in [2.45, 2.75) is 76.2 Å². The Morgan fingerprint density at radius 1 is 0.434 bits per heavy atom. The maximum absolute atomic E-state index is 14.2. The van der Waals surface area contributed by atoms with Gasteiger partial charge in [-0.1, -0.05) is 92.7 Å². The second-order valence-corrected chi connectivity index (χ2v) is 17.3. The van der Waals surface area contributed by atoms with Gasteiger partial charge in [-0.25, -0.2) is 0 Å². The van der Waals surface area contributed by atoms with Crippen molar-refractivity contribution in [3.8, 4) is 0 Å². The minimum absolute atomic E-state index is 0.127. The lowest BCUT2D eigenvalue weighted by molar-refractivity contribution is -0.691. The maximum atomic E-state index is 14.2. The largest absolute Gasteiger partial charge is 0.416 e. The molecule has 0 aliphatic heterocycles. The normalized spacial score (nSPS) is 13.4. The van der Waals surface area contributed by atoms with Gasteiger partial charge in [-0.05, 0) is 30.2 Å². The molecule has 5 aromatic carbocycles. The van der Waals surface area contributed by atoms with Gasteiger partial charge in [-0.2, -0.15) is 132 Å². The van der Waals surface area contributed by atoms with Crippen molar-refractivity contribution in [1.29, 1.82) is 0 Å². The number of hydrogen-bond acceptors (Lipinski definition) is 2. The van der Waals surface area contributed by atoms with Gasteiger partial charge in [0.2, 0.25) is 12.3 Å². The lowest BCUT2D eigenvalue weighted by atomic mass is 9.12. The fourth-order valence-electron chi connectivity index (χ4n) is 8.10. The summed E-state index contributed by atoms with van der Waals surface area (Å²) in [6, 6.07) is 0.590. The van der Waals surface area contributed by atoms with Crippen molar-refractivity contribution < 1.29 is 115 Å². The summed E-state index contributed by atoms with van der Waals surface area (Å²) in [6.45, 7) is 4.70. The zero-order chi connectivity index (χ0) is 57.6. The molecule has 0 fully saturated rings. The number of hydrogen-bond donors (Lipinski definition) is 0. The highest BCUT2D eigenvalue weighted by Gasteiger charge is 2.47. The molecule has 0 N–H and O–H groups in total. The fourth-order valence-corrected chi connectivity index (χ4v) is 8.10. The smallest absolute Gasteiger partial charge is 0.287 e. The Morgan fingerprint density at radius 2 is 0.697 bits per heavy atom. The summed E-state index contributed by atoms with van der Waals surface area (Å²) in [5, 5.41) is 0. The molecule has 6 aromatic rings. The summed E-state index contributed by atoms with van der Waals surface area (Å²) in [5.74, 6) is 0.670. The van der Waals surface area contributed by atoms with E-state index in [2.05, 4.69) is 18.8 Å². The van der Waals surface area contributed by atoms with Gasteiger partial charge in [-0.15, -0.1) is 0 Å². The van der Waals surface area contributed by atoms with E-state index in [1.807, 2.05) is 47.3 Å². The fraction of sp³-hybridized carbons (Fsp3) is 0.271. The van der Waals surface area contributed by atoms with E-state index in [4.69, 9.17) is 0 Å². The number of alkyl halides is 24. The first-order valence-corrected chi connectivity index (χ1v) is 21.2. The van der Waals surface area contributed by atoms with Crippen LogP contribution in [0.2, 0.25) is 0 Å². The molecule has 0 atom stereocenters. The summed E-state index contributed by atoms with van der Waals surface area (Å²) in [5.41, 5.74) is -28.4. The second-order valence-electron chi connectivity index (χ2n) is 17.3. The van der Waals surface area contributed by atoms with E-state index < -0.39 is 195 Å². The number of aromatic nitrogens is 2. The van der Waals surface area contributed by atoms with E-state index in [0.29, 0.717) is 12.5 Å². The second kappa shape index (κ2) is 21.0. The molecule has 0 unspecified atom stereocenters. The van der Waals surface area contributed by atoms with E-state index in [0.717, 1.165) is 17.7 Å². The van der Waals surface area contributed by atoms with E-state index in [1.165, 1.54) is 0 Å². The van der Waals surface area contributed by atoms with E-state index in [9.17, 15) is 110 Å². The summed E-state index contributed by atoms with van der Waals surface area (Å²) in [7, 11) is 0. The van der Waals surface area contributed by atoms with Crippen LogP contribution in [0.3, 0.4) is 0 Å². The van der Waals surface area contributed by atoms with Crippen LogP contribution < -0.4 is 26.4 Å². The van der Waals surface area contributed by atoms with Gasteiger partial charge in [0.15, 0.2) is 11.9 Å². The zero-order valence-corrected chi connectivity index (χ0v) is 38.0. The van der Waals surface area contributed by atoms with E-state index >= 15 is 0 Å². The number of nitrogens with zero attached hydrogens (tertiary/aromatic N) is 2. The number of carbonyl (C=O) groups excluding carboxylic acids is 1. The molecule has 0 spiro atoms. The van der Waals surface area contributed by atoms with Gasteiger partial charge in [-0.3, -0.25) is 9.78 Å². The molecule has 28 heteroatoms. The Morgan fingerprint density at radius 3 is 0.934 bits per heavy atom. The van der Waals surface area contributed by atoms with Gasteiger partial charge in [0.25, 0.3) is 0 Å².